The molecule has 9 atom stereocenters. The molecule has 0 aromatic heterocycles. The quantitative estimate of drug-likeness (QED) is 0.507. The molecule has 0 radical (unpaired) electrons. The normalized spacial score (nSPS) is 44.4. The van der Waals surface area contributed by atoms with Crippen LogP contribution < -0.4 is 0 Å². The molecule has 0 aromatic carbocycles. The van der Waals surface area contributed by atoms with E-state index < -0.39 is 49.0 Å². The van der Waals surface area contributed by atoms with E-state index in [1.807, 2.05) is 13.8 Å². The Morgan fingerprint density at radius 2 is 1.65 bits per heavy atom. The van der Waals surface area contributed by atoms with Crippen molar-refractivity contribution in [2.75, 3.05) is 34.5 Å². The van der Waals surface area contributed by atoms with Crippen molar-refractivity contribution in [1.82, 2.24) is 0 Å². The summed E-state index contributed by atoms with van der Waals surface area (Å²) in [5, 5.41) is 31.1. The fourth-order valence-corrected chi connectivity index (χ4v) is 3.47. The summed E-state index contributed by atoms with van der Waals surface area (Å²) in [6, 6.07) is 0. The summed E-state index contributed by atoms with van der Waals surface area (Å²) in [4.78, 5) is 0. The number of aliphatic hydroxyl groups excluding tert-OH is 3. The first-order valence-electron chi connectivity index (χ1n) is 8.86. The lowest BCUT2D eigenvalue weighted by atomic mass is 9.89. The average molecular weight is 380 g/mol. The van der Waals surface area contributed by atoms with Gasteiger partial charge >= 0.3 is 0 Å². The maximum absolute atomic E-state index is 10.7. The molecule has 2 aliphatic heterocycles. The van der Waals surface area contributed by atoms with Gasteiger partial charge in [0.2, 0.25) is 0 Å². The maximum atomic E-state index is 10.7. The monoisotopic (exact) mass is 380 g/mol. The Labute approximate surface area is 154 Å². The Hall–Kier alpha value is -0.360. The minimum absolute atomic E-state index is 0.0610. The SMILES string of the molecule is COCC1OC(C(C)C)C(OC)C(OC2OCC(OC)C(O)C2O)C1O. The molecule has 2 fully saturated rings. The van der Waals surface area contributed by atoms with Crippen molar-refractivity contribution in [3.05, 3.63) is 0 Å². The number of rotatable bonds is 7. The van der Waals surface area contributed by atoms with Gasteiger partial charge in [-0.2, -0.15) is 0 Å². The van der Waals surface area contributed by atoms with Crippen LogP contribution in [0.4, 0.5) is 0 Å². The predicted octanol–water partition coefficient (Wildman–Crippen LogP) is -1.09. The molecule has 2 heterocycles. The molecular formula is C17H32O9. The molecular weight excluding hydrogens is 348 g/mol. The number of hydrogen-bond acceptors (Lipinski definition) is 9. The zero-order valence-electron chi connectivity index (χ0n) is 16.0. The Bertz CT molecular complexity index is 421. The molecule has 9 heteroatoms. The largest absolute Gasteiger partial charge is 0.387 e. The highest BCUT2D eigenvalue weighted by Crippen LogP contribution is 2.32. The lowest BCUT2D eigenvalue weighted by Gasteiger charge is -2.47. The van der Waals surface area contributed by atoms with Crippen LogP contribution in [-0.4, -0.2) is 105 Å². The second-order valence-corrected chi connectivity index (χ2v) is 7.09. The molecule has 2 rings (SSSR count). The van der Waals surface area contributed by atoms with Crippen LogP contribution in [0, 0.1) is 5.92 Å². The lowest BCUT2D eigenvalue weighted by Crippen LogP contribution is -2.64. The van der Waals surface area contributed by atoms with Gasteiger partial charge in [0.05, 0.1) is 19.3 Å². The number of hydrogen-bond donors (Lipinski definition) is 3. The van der Waals surface area contributed by atoms with Crippen LogP contribution in [0.2, 0.25) is 0 Å². The summed E-state index contributed by atoms with van der Waals surface area (Å²) < 4.78 is 33.1. The van der Waals surface area contributed by atoms with E-state index >= 15 is 0 Å². The first kappa shape index (κ1) is 21.9. The van der Waals surface area contributed by atoms with Crippen molar-refractivity contribution in [2.45, 2.75) is 69.0 Å². The molecule has 3 N–H and O–H groups in total. The third-order valence-corrected chi connectivity index (χ3v) is 4.99. The third-order valence-electron chi connectivity index (χ3n) is 4.99. The maximum Gasteiger partial charge on any atom is 0.186 e. The van der Waals surface area contributed by atoms with Crippen LogP contribution in [0.25, 0.3) is 0 Å². The van der Waals surface area contributed by atoms with E-state index in [0.717, 1.165) is 0 Å². The van der Waals surface area contributed by atoms with E-state index in [0.29, 0.717) is 0 Å². The van der Waals surface area contributed by atoms with Crippen LogP contribution in [0.1, 0.15) is 13.8 Å². The van der Waals surface area contributed by atoms with Crippen molar-refractivity contribution < 1.29 is 43.7 Å². The van der Waals surface area contributed by atoms with E-state index in [1.165, 1.54) is 21.3 Å². The fraction of sp³-hybridized carbons (Fsp3) is 1.00. The molecule has 9 unspecified atom stereocenters. The first-order valence-corrected chi connectivity index (χ1v) is 8.86. The van der Waals surface area contributed by atoms with Crippen LogP contribution in [-0.2, 0) is 28.4 Å². The highest BCUT2D eigenvalue weighted by atomic mass is 16.7. The highest BCUT2D eigenvalue weighted by molar-refractivity contribution is 4.96. The number of ether oxygens (including phenoxy) is 6. The van der Waals surface area contributed by atoms with Crippen LogP contribution in [0.5, 0.6) is 0 Å². The van der Waals surface area contributed by atoms with Crippen molar-refractivity contribution in [2.24, 2.45) is 5.92 Å². The molecule has 154 valence electrons. The Balaban J connectivity index is 2.17. The van der Waals surface area contributed by atoms with Gasteiger partial charge in [-0.3, -0.25) is 0 Å². The topological polar surface area (TPSA) is 116 Å². The molecule has 0 spiro atoms. The molecule has 2 aliphatic rings. The van der Waals surface area contributed by atoms with Crippen molar-refractivity contribution in [1.29, 1.82) is 0 Å². The van der Waals surface area contributed by atoms with Crippen molar-refractivity contribution in [3.63, 3.8) is 0 Å². The molecule has 26 heavy (non-hydrogen) atoms. The van der Waals surface area contributed by atoms with Crippen molar-refractivity contribution in [3.8, 4) is 0 Å². The minimum Gasteiger partial charge on any atom is -0.387 e. The van der Waals surface area contributed by atoms with Crippen LogP contribution in [0.15, 0.2) is 0 Å². The molecule has 9 nitrogen and oxygen atoms in total. The second kappa shape index (κ2) is 9.72. The predicted molar refractivity (Wildman–Crippen MR) is 89.6 cm³/mol. The summed E-state index contributed by atoms with van der Waals surface area (Å²) in [6.07, 6.45) is -7.66. The average Bonchev–Trinajstić information content (AvgIpc) is 2.62. The molecule has 0 saturated carbocycles. The molecule has 0 amide bonds. The van der Waals surface area contributed by atoms with Crippen LogP contribution >= 0.6 is 0 Å². The summed E-state index contributed by atoms with van der Waals surface area (Å²) >= 11 is 0. The van der Waals surface area contributed by atoms with E-state index in [2.05, 4.69) is 0 Å². The van der Waals surface area contributed by atoms with Gasteiger partial charge in [-0.05, 0) is 5.92 Å². The number of aliphatic hydroxyl groups is 3. The van der Waals surface area contributed by atoms with Gasteiger partial charge in [-0.15, -0.1) is 0 Å². The zero-order valence-corrected chi connectivity index (χ0v) is 16.0. The third kappa shape index (κ3) is 4.54. The van der Waals surface area contributed by atoms with Gasteiger partial charge in [-0.1, -0.05) is 13.8 Å². The fourth-order valence-electron chi connectivity index (χ4n) is 3.47. The zero-order chi connectivity index (χ0) is 19.4. The standard InChI is InChI=1S/C17H32O9/c1-8(2)14-16(23-5)15(12(19)10(25-14)6-21-3)26-17-13(20)11(18)9(22-4)7-24-17/h8-20H,6-7H2,1-5H3. The first-order chi connectivity index (χ1) is 12.3. The van der Waals surface area contributed by atoms with Gasteiger partial charge in [0.25, 0.3) is 0 Å². The number of methoxy groups -OCH3 is 3. The highest BCUT2D eigenvalue weighted by Gasteiger charge is 2.50. The Morgan fingerprint density at radius 3 is 2.19 bits per heavy atom. The Kier molecular flexibility index (Phi) is 8.20. The minimum atomic E-state index is -1.32. The van der Waals surface area contributed by atoms with Crippen LogP contribution in [0.3, 0.4) is 0 Å². The van der Waals surface area contributed by atoms with Gasteiger partial charge < -0.3 is 43.7 Å². The van der Waals surface area contributed by atoms with Gasteiger partial charge in [0.15, 0.2) is 6.29 Å². The molecule has 0 aliphatic carbocycles. The molecule has 0 aromatic rings. The molecule has 0 bridgehead atoms. The van der Waals surface area contributed by atoms with E-state index in [1.54, 1.807) is 0 Å². The second-order valence-electron chi connectivity index (χ2n) is 7.09. The lowest BCUT2D eigenvalue weighted by molar-refractivity contribution is -0.330. The van der Waals surface area contributed by atoms with E-state index in [-0.39, 0.29) is 25.2 Å². The summed E-state index contributed by atoms with van der Waals surface area (Å²) in [5.41, 5.74) is 0. The van der Waals surface area contributed by atoms with Crippen molar-refractivity contribution >= 4 is 0 Å². The van der Waals surface area contributed by atoms with E-state index in [4.69, 9.17) is 28.4 Å². The van der Waals surface area contributed by atoms with E-state index in [9.17, 15) is 15.3 Å². The van der Waals surface area contributed by atoms with Gasteiger partial charge in [0, 0.05) is 21.3 Å². The van der Waals surface area contributed by atoms with Gasteiger partial charge in [0.1, 0.15) is 42.7 Å². The summed E-state index contributed by atoms with van der Waals surface area (Å²) in [7, 11) is 4.46. The smallest absolute Gasteiger partial charge is 0.186 e. The summed E-state index contributed by atoms with van der Waals surface area (Å²) in [5.74, 6) is 0.0959. The molecule has 2 saturated heterocycles. The Morgan fingerprint density at radius 1 is 0.962 bits per heavy atom. The summed E-state index contributed by atoms with van der Waals surface area (Å²) in [6.45, 7) is 4.21. The van der Waals surface area contributed by atoms with Gasteiger partial charge in [-0.25, -0.2) is 0 Å².